The van der Waals surface area contributed by atoms with Crippen LogP contribution in [0, 0.1) is 12.8 Å². The number of rotatable bonds is 10. The minimum Gasteiger partial charge on any atom is -0.354 e. The van der Waals surface area contributed by atoms with Gasteiger partial charge >= 0.3 is 0 Å². The minimum absolute atomic E-state index is 0.0768. The van der Waals surface area contributed by atoms with Gasteiger partial charge in [-0.3, -0.25) is 9.59 Å². The van der Waals surface area contributed by atoms with E-state index in [0.29, 0.717) is 30.5 Å². The molecule has 0 unspecified atom stereocenters. The fourth-order valence-electron chi connectivity index (χ4n) is 3.01. The number of amides is 2. The molecule has 0 fully saturated rings. The van der Waals surface area contributed by atoms with Crippen LogP contribution >= 0.6 is 23.4 Å². The van der Waals surface area contributed by atoms with E-state index in [1.807, 2.05) is 70.2 Å². The number of nitrogens with zero attached hydrogens (tertiary/aromatic N) is 1. The smallest absolute Gasteiger partial charge is 0.242 e. The van der Waals surface area contributed by atoms with Crippen LogP contribution in [0.4, 0.5) is 0 Å². The van der Waals surface area contributed by atoms with Gasteiger partial charge in [-0.15, -0.1) is 11.8 Å². The van der Waals surface area contributed by atoms with Gasteiger partial charge in [-0.2, -0.15) is 0 Å². The largest absolute Gasteiger partial charge is 0.354 e. The summed E-state index contributed by atoms with van der Waals surface area (Å²) in [6.45, 7) is 8.95. The van der Waals surface area contributed by atoms with Crippen LogP contribution in [0.15, 0.2) is 53.4 Å². The Morgan fingerprint density at radius 3 is 2.37 bits per heavy atom. The highest BCUT2D eigenvalue weighted by molar-refractivity contribution is 8.00. The molecule has 0 saturated heterocycles. The average Bonchev–Trinajstić information content (AvgIpc) is 2.72. The van der Waals surface area contributed by atoms with Gasteiger partial charge < -0.3 is 10.2 Å². The lowest BCUT2D eigenvalue weighted by molar-refractivity contribution is -0.139. The molecular weight excluding hydrogens is 416 g/mol. The Kier molecular flexibility index (Phi) is 9.73. The van der Waals surface area contributed by atoms with Crippen molar-refractivity contribution in [2.24, 2.45) is 5.92 Å². The molecule has 2 rings (SSSR count). The van der Waals surface area contributed by atoms with E-state index in [0.717, 1.165) is 10.5 Å². The predicted octanol–water partition coefficient (Wildman–Crippen LogP) is 5.32. The maximum atomic E-state index is 13.2. The zero-order valence-electron chi connectivity index (χ0n) is 18.2. The number of thioether (sulfide) groups is 1. The number of halogens is 1. The van der Waals surface area contributed by atoms with Gasteiger partial charge in [0.1, 0.15) is 6.04 Å². The first kappa shape index (κ1) is 24.3. The molecule has 2 aromatic carbocycles. The minimum atomic E-state index is -0.536. The van der Waals surface area contributed by atoms with Crippen molar-refractivity contribution in [2.45, 2.75) is 51.6 Å². The Balaban J connectivity index is 2.19. The highest BCUT2D eigenvalue weighted by Crippen LogP contribution is 2.23. The van der Waals surface area contributed by atoms with E-state index in [9.17, 15) is 9.59 Å². The Labute approximate surface area is 189 Å². The van der Waals surface area contributed by atoms with Crippen molar-refractivity contribution in [1.29, 1.82) is 0 Å². The highest BCUT2D eigenvalue weighted by Gasteiger charge is 2.29. The number of benzene rings is 2. The van der Waals surface area contributed by atoms with E-state index < -0.39 is 6.04 Å². The van der Waals surface area contributed by atoms with Gasteiger partial charge in [0.15, 0.2) is 0 Å². The van der Waals surface area contributed by atoms with Gasteiger partial charge in [0.05, 0.1) is 5.75 Å². The van der Waals surface area contributed by atoms with Gasteiger partial charge in [-0.05, 0) is 43.0 Å². The number of hydrogen-bond donors (Lipinski definition) is 1. The molecule has 30 heavy (non-hydrogen) atoms. The lowest BCUT2D eigenvalue weighted by Crippen LogP contribution is -2.50. The topological polar surface area (TPSA) is 49.4 Å². The van der Waals surface area contributed by atoms with Crippen LogP contribution in [0.3, 0.4) is 0 Å². The SMILES string of the molecule is CC[C@@H](C(=O)NCC(C)C)N(Cc1ccccc1Cl)C(=O)CSc1ccc(C)cc1. The van der Waals surface area contributed by atoms with E-state index >= 15 is 0 Å². The van der Waals surface area contributed by atoms with Crippen molar-refractivity contribution in [2.75, 3.05) is 12.3 Å². The number of carbonyl (C=O) groups is 2. The fraction of sp³-hybridized carbons (Fsp3) is 0.417. The van der Waals surface area contributed by atoms with Gasteiger partial charge in [-0.25, -0.2) is 0 Å². The maximum absolute atomic E-state index is 13.2. The summed E-state index contributed by atoms with van der Waals surface area (Å²) in [6, 6.07) is 15.0. The third kappa shape index (κ3) is 7.37. The molecular formula is C24H31ClN2O2S. The first-order chi connectivity index (χ1) is 14.3. The molecule has 1 atom stereocenters. The Morgan fingerprint density at radius 1 is 1.10 bits per heavy atom. The summed E-state index contributed by atoms with van der Waals surface area (Å²) in [5, 5.41) is 3.57. The van der Waals surface area contributed by atoms with Crippen LogP contribution in [0.25, 0.3) is 0 Å². The third-order valence-electron chi connectivity index (χ3n) is 4.75. The number of nitrogens with one attached hydrogen (secondary N) is 1. The molecule has 162 valence electrons. The normalized spacial score (nSPS) is 11.9. The predicted molar refractivity (Wildman–Crippen MR) is 126 cm³/mol. The van der Waals surface area contributed by atoms with E-state index in [1.54, 1.807) is 11.0 Å². The molecule has 0 spiro atoms. The van der Waals surface area contributed by atoms with Crippen LogP contribution in [0.5, 0.6) is 0 Å². The Morgan fingerprint density at radius 2 is 1.77 bits per heavy atom. The summed E-state index contributed by atoms with van der Waals surface area (Å²) in [7, 11) is 0. The second-order valence-corrected chi connectivity index (χ2v) is 9.23. The molecule has 2 aromatic rings. The number of hydrogen-bond acceptors (Lipinski definition) is 3. The molecule has 0 aliphatic rings. The van der Waals surface area contributed by atoms with E-state index in [4.69, 9.17) is 11.6 Å². The Hall–Kier alpha value is -1.98. The van der Waals surface area contributed by atoms with Crippen molar-refractivity contribution in [3.05, 3.63) is 64.7 Å². The summed E-state index contributed by atoms with van der Waals surface area (Å²) in [6.07, 6.45) is 0.537. The van der Waals surface area contributed by atoms with Crippen molar-refractivity contribution in [3.8, 4) is 0 Å². The van der Waals surface area contributed by atoms with E-state index in [2.05, 4.69) is 5.32 Å². The quantitative estimate of drug-likeness (QED) is 0.502. The van der Waals surface area contributed by atoms with Crippen LogP contribution in [-0.2, 0) is 16.1 Å². The first-order valence-electron chi connectivity index (χ1n) is 10.3. The van der Waals surface area contributed by atoms with E-state index in [1.165, 1.54) is 17.3 Å². The second-order valence-electron chi connectivity index (χ2n) is 7.78. The summed E-state index contributed by atoms with van der Waals surface area (Å²) >= 11 is 7.83. The third-order valence-corrected chi connectivity index (χ3v) is 6.12. The van der Waals surface area contributed by atoms with Crippen molar-refractivity contribution in [3.63, 3.8) is 0 Å². The molecule has 0 saturated carbocycles. The highest BCUT2D eigenvalue weighted by atomic mass is 35.5. The van der Waals surface area contributed by atoms with Crippen LogP contribution in [0.1, 0.15) is 38.3 Å². The van der Waals surface area contributed by atoms with Gasteiger partial charge in [0, 0.05) is 23.0 Å². The first-order valence-corrected chi connectivity index (χ1v) is 11.7. The zero-order chi connectivity index (χ0) is 22.1. The molecule has 0 aliphatic carbocycles. The van der Waals surface area contributed by atoms with Crippen LogP contribution in [0.2, 0.25) is 5.02 Å². The van der Waals surface area contributed by atoms with Gasteiger partial charge in [0.25, 0.3) is 0 Å². The molecule has 0 bridgehead atoms. The molecule has 0 heterocycles. The lowest BCUT2D eigenvalue weighted by atomic mass is 10.1. The standard InChI is InChI=1S/C24H31ClN2O2S/c1-5-22(24(29)26-14-17(2)3)27(15-19-8-6-7-9-21(19)25)23(28)16-30-20-12-10-18(4)11-13-20/h6-13,17,22H,5,14-16H2,1-4H3,(H,26,29)/t22-/m0/s1. The van der Waals surface area contributed by atoms with Gasteiger partial charge in [-0.1, -0.05) is 68.3 Å². The summed E-state index contributed by atoms with van der Waals surface area (Å²) in [4.78, 5) is 28.8. The Bertz CT molecular complexity index is 839. The second kappa shape index (κ2) is 12.0. The molecule has 0 radical (unpaired) electrons. The number of carbonyl (C=O) groups excluding carboxylic acids is 2. The van der Waals surface area contributed by atoms with Crippen LogP contribution < -0.4 is 5.32 Å². The van der Waals surface area contributed by atoms with Crippen molar-refractivity contribution >= 4 is 35.2 Å². The summed E-state index contributed by atoms with van der Waals surface area (Å²) < 4.78 is 0. The molecule has 4 nitrogen and oxygen atoms in total. The van der Waals surface area contributed by atoms with Crippen molar-refractivity contribution in [1.82, 2.24) is 10.2 Å². The molecule has 0 aliphatic heterocycles. The maximum Gasteiger partial charge on any atom is 0.242 e. The summed E-state index contributed by atoms with van der Waals surface area (Å²) in [5.41, 5.74) is 2.02. The molecule has 6 heteroatoms. The number of aryl methyl sites for hydroxylation is 1. The van der Waals surface area contributed by atoms with Crippen LogP contribution in [-0.4, -0.2) is 35.1 Å². The molecule has 0 aromatic heterocycles. The average molecular weight is 447 g/mol. The fourth-order valence-corrected chi connectivity index (χ4v) is 3.99. The zero-order valence-corrected chi connectivity index (χ0v) is 19.7. The summed E-state index contributed by atoms with van der Waals surface area (Å²) in [5.74, 6) is 0.414. The van der Waals surface area contributed by atoms with Gasteiger partial charge in [0.2, 0.25) is 11.8 Å². The molecule has 1 N–H and O–H groups in total. The van der Waals surface area contributed by atoms with Crippen molar-refractivity contribution < 1.29 is 9.59 Å². The monoisotopic (exact) mass is 446 g/mol. The molecule has 2 amide bonds. The lowest BCUT2D eigenvalue weighted by Gasteiger charge is -2.31. The van der Waals surface area contributed by atoms with E-state index in [-0.39, 0.29) is 17.6 Å².